The average Bonchev–Trinajstić information content (AvgIpc) is 2.31. The topological polar surface area (TPSA) is 27.7 Å². The highest BCUT2D eigenvalue weighted by molar-refractivity contribution is 5.09. The Morgan fingerprint density at radius 2 is 1.94 bits per heavy atom. The van der Waals surface area contributed by atoms with Crippen LogP contribution in [0, 0.1) is 5.92 Å². The monoisotopic (exact) mass is 244 g/mol. The lowest BCUT2D eigenvalue weighted by atomic mass is 9.65. The molecule has 3 atom stereocenters. The van der Waals surface area contributed by atoms with Gasteiger partial charge in [0.15, 0.2) is 0 Å². The summed E-state index contributed by atoms with van der Waals surface area (Å²) in [6, 6.07) is 0. The molecule has 0 bridgehead atoms. The van der Waals surface area contributed by atoms with Crippen LogP contribution < -0.4 is 0 Å². The fourth-order valence-electron chi connectivity index (χ4n) is 3.56. The molecule has 1 fully saturated rings. The molecular weight excluding hydrogens is 216 g/mol. The first-order chi connectivity index (χ1) is 7.98. The number of methoxy groups -OCH3 is 2. The zero-order valence-corrected chi connectivity index (χ0v) is 12.2. The van der Waals surface area contributed by atoms with E-state index in [0.29, 0.717) is 12.5 Å². The third-order valence-corrected chi connectivity index (χ3v) is 4.40. The average molecular weight is 244 g/mol. The van der Waals surface area contributed by atoms with Crippen molar-refractivity contribution in [1.82, 2.24) is 0 Å². The Morgan fingerprint density at radius 3 is 2.35 bits per heavy atom. The SMILES string of the molecule is CCOC1(C(C)C)C(OC)CCCC1(C)OC. The van der Waals surface area contributed by atoms with Crippen molar-refractivity contribution in [2.24, 2.45) is 5.92 Å². The van der Waals surface area contributed by atoms with Crippen LogP contribution in [0.25, 0.3) is 0 Å². The molecule has 0 aliphatic heterocycles. The number of hydrogen-bond donors (Lipinski definition) is 0. The van der Waals surface area contributed by atoms with Gasteiger partial charge in [0.2, 0.25) is 0 Å². The van der Waals surface area contributed by atoms with Crippen LogP contribution in [0.15, 0.2) is 0 Å². The van der Waals surface area contributed by atoms with E-state index < -0.39 is 0 Å². The summed E-state index contributed by atoms with van der Waals surface area (Å²) >= 11 is 0. The maximum Gasteiger partial charge on any atom is 0.125 e. The summed E-state index contributed by atoms with van der Waals surface area (Å²) in [7, 11) is 3.57. The van der Waals surface area contributed by atoms with Crippen molar-refractivity contribution >= 4 is 0 Å². The normalized spacial score (nSPS) is 38.6. The highest BCUT2D eigenvalue weighted by Gasteiger charge is 2.58. The summed E-state index contributed by atoms with van der Waals surface area (Å²) in [5, 5.41) is 0. The molecule has 0 N–H and O–H groups in total. The van der Waals surface area contributed by atoms with Crippen LogP contribution in [0.2, 0.25) is 0 Å². The smallest absolute Gasteiger partial charge is 0.125 e. The summed E-state index contributed by atoms with van der Waals surface area (Å²) in [6.07, 6.45) is 3.32. The number of hydrogen-bond acceptors (Lipinski definition) is 3. The molecule has 0 aromatic rings. The maximum atomic E-state index is 6.19. The van der Waals surface area contributed by atoms with Gasteiger partial charge in [-0.25, -0.2) is 0 Å². The molecule has 0 spiro atoms. The molecule has 0 saturated heterocycles. The summed E-state index contributed by atoms with van der Waals surface area (Å²) < 4.78 is 17.7. The zero-order chi connectivity index (χ0) is 13.1. The van der Waals surface area contributed by atoms with Gasteiger partial charge in [-0.3, -0.25) is 0 Å². The lowest BCUT2D eigenvalue weighted by Gasteiger charge is -2.56. The van der Waals surface area contributed by atoms with Gasteiger partial charge < -0.3 is 14.2 Å². The minimum Gasteiger partial charge on any atom is -0.378 e. The highest BCUT2D eigenvalue weighted by Crippen LogP contribution is 2.47. The van der Waals surface area contributed by atoms with Gasteiger partial charge in [-0.1, -0.05) is 13.8 Å². The van der Waals surface area contributed by atoms with E-state index in [1.807, 2.05) is 6.92 Å². The van der Waals surface area contributed by atoms with Gasteiger partial charge in [0.25, 0.3) is 0 Å². The molecule has 1 rings (SSSR count). The maximum absolute atomic E-state index is 6.19. The minimum atomic E-state index is -0.344. The predicted octanol–water partition coefficient (Wildman–Crippen LogP) is 3.02. The van der Waals surface area contributed by atoms with Crippen LogP contribution in [0.3, 0.4) is 0 Å². The standard InChI is InChI=1S/C14H28O3/c1-7-17-14(11(2)3)12(15-5)9-8-10-13(14,4)16-6/h11-12H,7-10H2,1-6H3. The third-order valence-electron chi connectivity index (χ3n) is 4.40. The van der Waals surface area contributed by atoms with Gasteiger partial charge in [-0.15, -0.1) is 0 Å². The summed E-state index contributed by atoms with van der Waals surface area (Å²) in [6.45, 7) is 9.29. The molecule has 0 heterocycles. The molecule has 0 aromatic heterocycles. The second kappa shape index (κ2) is 5.68. The molecule has 1 saturated carbocycles. The molecule has 0 radical (unpaired) electrons. The first-order valence-corrected chi connectivity index (χ1v) is 6.70. The largest absolute Gasteiger partial charge is 0.378 e. The van der Waals surface area contributed by atoms with Crippen molar-refractivity contribution in [3.05, 3.63) is 0 Å². The van der Waals surface area contributed by atoms with Crippen LogP contribution in [-0.4, -0.2) is 38.1 Å². The molecule has 1 aliphatic rings. The van der Waals surface area contributed by atoms with E-state index in [9.17, 15) is 0 Å². The van der Waals surface area contributed by atoms with E-state index in [4.69, 9.17) is 14.2 Å². The van der Waals surface area contributed by atoms with E-state index in [1.165, 1.54) is 0 Å². The van der Waals surface area contributed by atoms with Crippen LogP contribution >= 0.6 is 0 Å². The summed E-state index contributed by atoms with van der Waals surface area (Å²) in [4.78, 5) is 0. The Labute approximate surface area is 106 Å². The van der Waals surface area contributed by atoms with Crippen molar-refractivity contribution in [2.45, 2.75) is 64.3 Å². The molecule has 17 heavy (non-hydrogen) atoms. The van der Waals surface area contributed by atoms with E-state index in [1.54, 1.807) is 14.2 Å². The molecule has 3 heteroatoms. The van der Waals surface area contributed by atoms with E-state index >= 15 is 0 Å². The zero-order valence-electron chi connectivity index (χ0n) is 12.2. The summed E-state index contributed by atoms with van der Waals surface area (Å²) in [5.41, 5.74) is -0.612. The van der Waals surface area contributed by atoms with Crippen LogP contribution in [-0.2, 0) is 14.2 Å². The Hall–Kier alpha value is -0.120. The van der Waals surface area contributed by atoms with Gasteiger partial charge >= 0.3 is 0 Å². The molecule has 3 unspecified atom stereocenters. The van der Waals surface area contributed by atoms with Crippen molar-refractivity contribution in [1.29, 1.82) is 0 Å². The Kier molecular flexibility index (Phi) is 4.99. The lowest BCUT2D eigenvalue weighted by Crippen LogP contribution is -2.67. The Bertz CT molecular complexity index is 242. The second-order valence-electron chi connectivity index (χ2n) is 5.43. The first kappa shape index (κ1) is 14.9. The Morgan fingerprint density at radius 1 is 1.29 bits per heavy atom. The fourth-order valence-corrected chi connectivity index (χ4v) is 3.56. The van der Waals surface area contributed by atoms with E-state index in [-0.39, 0.29) is 17.3 Å². The van der Waals surface area contributed by atoms with Gasteiger partial charge in [0.1, 0.15) is 5.60 Å². The quantitative estimate of drug-likeness (QED) is 0.744. The molecule has 102 valence electrons. The van der Waals surface area contributed by atoms with Crippen molar-refractivity contribution in [3.63, 3.8) is 0 Å². The van der Waals surface area contributed by atoms with Crippen LogP contribution in [0.4, 0.5) is 0 Å². The number of rotatable bonds is 5. The predicted molar refractivity (Wildman–Crippen MR) is 69.3 cm³/mol. The summed E-state index contributed by atoms with van der Waals surface area (Å²) in [5.74, 6) is 0.359. The van der Waals surface area contributed by atoms with Gasteiger partial charge in [0.05, 0.1) is 11.7 Å². The third kappa shape index (κ3) is 2.25. The molecule has 1 aliphatic carbocycles. The fraction of sp³-hybridized carbons (Fsp3) is 1.00. The van der Waals surface area contributed by atoms with Gasteiger partial charge in [0, 0.05) is 20.8 Å². The van der Waals surface area contributed by atoms with Crippen molar-refractivity contribution in [2.75, 3.05) is 20.8 Å². The molecule has 0 amide bonds. The molecular formula is C14H28O3. The Balaban J connectivity index is 3.19. The second-order valence-corrected chi connectivity index (χ2v) is 5.43. The lowest BCUT2D eigenvalue weighted by molar-refractivity contribution is -0.273. The van der Waals surface area contributed by atoms with Crippen LogP contribution in [0.5, 0.6) is 0 Å². The van der Waals surface area contributed by atoms with Gasteiger partial charge in [-0.05, 0) is 39.0 Å². The molecule has 0 aromatic carbocycles. The first-order valence-electron chi connectivity index (χ1n) is 6.70. The van der Waals surface area contributed by atoms with Crippen LogP contribution in [0.1, 0.15) is 47.0 Å². The van der Waals surface area contributed by atoms with Gasteiger partial charge in [-0.2, -0.15) is 0 Å². The highest BCUT2D eigenvalue weighted by atomic mass is 16.6. The van der Waals surface area contributed by atoms with E-state index in [0.717, 1.165) is 19.3 Å². The number of ether oxygens (including phenoxy) is 3. The molecule has 3 nitrogen and oxygen atoms in total. The van der Waals surface area contributed by atoms with Crippen molar-refractivity contribution in [3.8, 4) is 0 Å². The van der Waals surface area contributed by atoms with Crippen molar-refractivity contribution < 1.29 is 14.2 Å². The minimum absolute atomic E-state index is 0.112. The van der Waals surface area contributed by atoms with E-state index in [2.05, 4.69) is 20.8 Å².